The van der Waals surface area contributed by atoms with Gasteiger partial charge < -0.3 is 20.4 Å². The Balaban J connectivity index is 1.70. The van der Waals surface area contributed by atoms with E-state index in [1.807, 2.05) is 42.5 Å². The fraction of sp³-hybridized carbons (Fsp3) is 0.241. The van der Waals surface area contributed by atoms with Crippen LogP contribution in [0, 0.1) is 5.92 Å². The van der Waals surface area contributed by atoms with Crippen LogP contribution >= 0.6 is 0 Å². The summed E-state index contributed by atoms with van der Waals surface area (Å²) < 4.78 is 42.1. The lowest BCUT2D eigenvalue weighted by Crippen LogP contribution is -2.44. The van der Waals surface area contributed by atoms with Crippen molar-refractivity contribution in [2.45, 2.75) is 39.0 Å². The van der Waals surface area contributed by atoms with E-state index in [1.165, 1.54) is 0 Å². The Kier molecular flexibility index (Phi) is 8.52. The first-order valence-electron chi connectivity index (χ1n) is 12.5. The van der Waals surface area contributed by atoms with Crippen LogP contribution in [0.15, 0.2) is 73.2 Å². The first kappa shape index (κ1) is 28.3. The summed E-state index contributed by atoms with van der Waals surface area (Å²) in [6.07, 6.45) is -2.07. The Hall–Kier alpha value is -4.67. The van der Waals surface area contributed by atoms with E-state index >= 15 is 0 Å². The number of benzene rings is 3. The van der Waals surface area contributed by atoms with E-state index in [0.29, 0.717) is 17.8 Å². The molecular weight excluding hydrogens is 525 g/mol. The Bertz CT molecular complexity index is 1510. The van der Waals surface area contributed by atoms with Gasteiger partial charge in [0.1, 0.15) is 6.04 Å². The molecular formula is C29H27F3N4O4. The van der Waals surface area contributed by atoms with E-state index in [4.69, 9.17) is 0 Å². The first-order valence-corrected chi connectivity index (χ1v) is 12.5. The maximum absolute atomic E-state index is 13.5. The molecule has 1 atom stereocenters. The molecule has 3 N–H and O–H groups in total. The SMILES string of the molecule is CC(C)C[C@H](NC(=O)c1ccc(NCc2c[nH]cn2)cc1-c1cccc2ccccc12)C(=O)OC(=O)C(F)(F)F. The van der Waals surface area contributed by atoms with E-state index in [2.05, 4.69) is 25.3 Å². The molecule has 4 rings (SSSR count). The van der Waals surface area contributed by atoms with E-state index in [-0.39, 0.29) is 17.9 Å². The zero-order chi connectivity index (χ0) is 28.9. The lowest BCUT2D eigenvalue weighted by molar-refractivity contribution is -0.202. The number of aromatic nitrogens is 2. The molecule has 0 fully saturated rings. The highest BCUT2D eigenvalue weighted by Crippen LogP contribution is 2.33. The van der Waals surface area contributed by atoms with Crippen molar-refractivity contribution in [3.63, 3.8) is 0 Å². The fourth-order valence-electron chi connectivity index (χ4n) is 4.26. The van der Waals surface area contributed by atoms with E-state index < -0.39 is 30.1 Å². The van der Waals surface area contributed by atoms with Crippen LogP contribution in [0.1, 0.15) is 36.3 Å². The number of hydrogen-bond acceptors (Lipinski definition) is 6. The number of esters is 2. The minimum absolute atomic E-state index is 0.0391. The van der Waals surface area contributed by atoms with Crippen molar-refractivity contribution >= 4 is 34.3 Å². The molecule has 0 aliphatic carbocycles. The van der Waals surface area contributed by atoms with Gasteiger partial charge in [0.25, 0.3) is 5.91 Å². The third-order valence-electron chi connectivity index (χ3n) is 6.09. The van der Waals surface area contributed by atoms with E-state index in [1.54, 1.807) is 44.6 Å². The molecule has 0 aliphatic heterocycles. The van der Waals surface area contributed by atoms with Crippen LogP contribution in [-0.4, -0.2) is 40.0 Å². The average molecular weight is 553 g/mol. The molecule has 0 radical (unpaired) electrons. The Morgan fingerprint density at radius 3 is 2.45 bits per heavy atom. The monoisotopic (exact) mass is 552 g/mol. The summed E-state index contributed by atoms with van der Waals surface area (Å²) in [6.45, 7) is 3.86. The summed E-state index contributed by atoms with van der Waals surface area (Å²) in [6, 6.07) is 16.8. The van der Waals surface area contributed by atoms with Gasteiger partial charge >= 0.3 is 18.1 Å². The summed E-state index contributed by atoms with van der Waals surface area (Å²) in [4.78, 5) is 44.4. The Morgan fingerprint density at radius 1 is 1.00 bits per heavy atom. The molecule has 0 bridgehead atoms. The van der Waals surface area contributed by atoms with Gasteiger partial charge in [-0.2, -0.15) is 13.2 Å². The molecule has 208 valence electrons. The minimum Gasteiger partial charge on any atom is -0.385 e. The molecule has 1 aromatic heterocycles. The van der Waals surface area contributed by atoms with Crippen LogP contribution < -0.4 is 10.6 Å². The highest BCUT2D eigenvalue weighted by Gasteiger charge is 2.43. The van der Waals surface area contributed by atoms with Crippen molar-refractivity contribution in [1.29, 1.82) is 0 Å². The number of rotatable bonds is 9. The quantitative estimate of drug-likeness (QED) is 0.184. The normalized spacial score (nSPS) is 12.2. The molecule has 4 aromatic rings. The number of nitrogens with zero attached hydrogens (tertiary/aromatic N) is 1. The molecule has 0 saturated heterocycles. The third-order valence-corrected chi connectivity index (χ3v) is 6.09. The summed E-state index contributed by atoms with van der Waals surface area (Å²) in [5.74, 6) is -5.02. The topological polar surface area (TPSA) is 113 Å². The predicted molar refractivity (Wildman–Crippen MR) is 143 cm³/mol. The number of amides is 1. The lowest BCUT2D eigenvalue weighted by atomic mass is 9.93. The van der Waals surface area contributed by atoms with Crippen molar-refractivity contribution in [2.75, 3.05) is 5.32 Å². The Labute approximate surface area is 227 Å². The smallest absolute Gasteiger partial charge is 0.385 e. The van der Waals surface area contributed by atoms with Gasteiger partial charge in [0, 0.05) is 17.4 Å². The highest BCUT2D eigenvalue weighted by molar-refractivity contribution is 6.07. The van der Waals surface area contributed by atoms with Crippen LogP contribution in [0.4, 0.5) is 18.9 Å². The van der Waals surface area contributed by atoms with Crippen molar-refractivity contribution in [3.8, 4) is 11.1 Å². The van der Waals surface area contributed by atoms with Gasteiger partial charge in [0.15, 0.2) is 0 Å². The van der Waals surface area contributed by atoms with Crippen molar-refractivity contribution in [2.24, 2.45) is 5.92 Å². The van der Waals surface area contributed by atoms with Crippen molar-refractivity contribution < 1.29 is 32.3 Å². The Morgan fingerprint density at radius 2 is 1.75 bits per heavy atom. The number of anilines is 1. The predicted octanol–water partition coefficient (Wildman–Crippen LogP) is 5.62. The molecule has 0 aliphatic rings. The van der Waals surface area contributed by atoms with Crippen LogP contribution in [0.5, 0.6) is 0 Å². The van der Waals surface area contributed by atoms with Crippen molar-refractivity contribution in [3.05, 3.63) is 84.4 Å². The fourth-order valence-corrected chi connectivity index (χ4v) is 4.26. The molecule has 3 aromatic carbocycles. The molecule has 1 amide bonds. The van der Waals surface area contributed by atoms with Crippen LogP contribution in [0.25, 0.3) is 21.9 Å². The average Bonchev–Trinajstić information content (AvgIpc) is 3.44. The second-order valence-corrected chi connectivity index (χ2v) is 9.56. The van der Waals surface area contributed by atoms with Gasteiger partial charge in [-0.25, -0.2) is 14.6 Å². The lowest BCUT2D eigenvalue weighted by Gasteiger charge is -2.21. The number of hydrogen-bond donors (Lipinski definition) is 3. The minimum atomic E-state index is -5.34. The largest absolute Gasteiger partial charge is 0.491 e. The standard InChI is InChI=1S/C29H27F3N4O4/c1-17(2)12-25(27(38)40-28(39)29(30,31)32)36-26(37)23-11-10-19(34-15-20-14-33-16-35-20)13-24(23)22-9-5-7-18-6-3-4-8-21(18)22/h3-11,13-14,16-17,25,34H,12,15H2,1-2H3,(H,33,35)(H,36,37)/t25-/m0/s1. The van der Waals surface area contributed by atoms with Gasteiger partial charge in [0.05, 0.1) is 18.6 Å². The maximum atomic E-state index is 13.5. The summed E-state index contributed by atoms with van der Waals surface area (Å²) in [5, 5.41) is 7.56. The molecule has 11 heteroatoms. The number of ether oxygens (including phenoxy) is 1. The van der Waals surface area contributed by atoms with Gasteiger partial charge in [-0.1, -0.05) is 56.3 Å². The number of imidazole rings is 1. The summed E-state index contributed by atoms with van der Waals surface area (Å²) >= 11 is 0. The number of halogens is 3. The molecule has 8 nitrogen and oxygen atoms in total. The number of nitrogens with one attached hydrogen (secondary N) is 3. The third kappa shape index (κ3) is 6.85. The zero-order valence-corrected chi connectivity index (χ0v) is 21.7. The van der Waals surface area contributed by atoms with Gasteiger partial charge in [-0.3, -0.25) is 4.79 Å². The van der Waals surface area contributed by atoms with Gasteiger partial charge in [0.2, 0.25) is 0 Å². The molecule has 40 heavy (non-hydrogen) atoms. The summed E-state index contributed by atoms with van der Waals surface area (Å²) in [5.41, 5.74) is 2.92. The number of carbonyl (C=O) groups excluding carboxylic acids is 3. The van der Waals surface area contributed by atoms with Crippen LogP contribution in [0.2, 0.25) is 0 Å². The van der Waals surface area contributed by atoms with Crippen molar-refractivity contribution in [1.82, 2.24) is 15.3 Å². The number of fused-ring (bicyclic) bond motifs is 1. The first-order chi connectivity index (χ1) is 19.0. The molecule has 0 spiro atoms. The summed E-state index contributed by atoms with van der Waals surface area (Å²) in [7, 11) is 0. The van der Waals surface area contributed by atoms with E-state index in [9.17, 15) is 27.6 Å². The number of carbonyl (C=O) groups is 3. The van der Waals surface area contributed by atoms with Crippen LogP contribution in [0.3, 0.4) is 0 Å². The molecule has 1 heterocycles. The highest BCUT2D eigenvalue weighted by atomic mass is 19.4. The number of H-pyrrole nitrogens is 1. The van der Waals surface area contributed by atoms with Gasteiger partial charge in [-0.15, -0.1) is 0 Å². The van der Waals surface area contributed by atoms with Crippen LogP contribution in [-0.2, 0) is 20.9 Å². The maximum Gasteiger partial charge on any atom is 0.491 e. The second-order valence-electron chi connectivity index (χ2n) is 9.56. The zero-order valence-electron chi connectivity index (χ0n) is 21.7. The molecule has 0 unspecified atom stereocenters. The number of aromatic amines is 1. The second kappa shape index (κ2) is 12.0. The molecule has 0 saturated carbocycles. The van der Waals surface area contributed by atoms with E-state index in [0.717, 1.165) is 22.0 Å². The number of alkyl halides is 3. The van der Waals surface area contributed by atoms with Gasteiger partial charge in [-0.05, 0) is 52.4 Å².